The van der Waals surface area contributed by atoms with Crippen LogP contribution < -0.4 is 5.32 Å². The van der Waals surface area contributed by atoms with Crippen LogP contribution in [0.2, 0.25) is 0 Å². The number of alkyl halides is 3. The number of nitrogens with one attached hydrogen (secondary N) is 1. The quantitative estimate of drug-likeness (QED) is 0.910. The van der Waals surface area contributed by atoms with Gasteiger partial charge in [-0.3, -0.25) is 4.90 Å². The molecule has 0 bridgehead atoms. The summed E-state index contributed by atoms with van der Waals surface area (Å²) in [5.41, 5.74) is 0.152. The lowest BCUT2D eigenvalue weighted by Gasteiger charge is -2.31. The van der Waals surface area contributed by atoms with E-state index in [2.05, 4.69) is 10.2 Å². The number of hydrogen-bond donors (Lipinski definition) is 1. The maximum atomic E-state index is 12.6. The Morgan fingerprint density at radius 1 is 1.26 bits per heavy atom. The molecule has 1 N–H and O–H groups in total. The van der Waals surface area contributed by atoms with E-state index in [1.54, 1.807) is 6.07 Å². The third-order valence-electron chi connectivity index (χ3n) is 3.62. The monoisotopic (exact) mass is 272 g/mol. The Labute approximate surface area is 111 Å². The first kappa shape index (κ1) is 14.3. The number of nitrogens with zero attached hydrogens (tertiary/aromatic N) is 1. The largest absolute Gasteiger partial charge is 0.416 e. The highest BCUT2D eigenvalue weighted by atomic mass is 19.4. The van der Waals surface area contributed by atoms with E-state index in [-0.39, 0.29) is 0 Å². The zero-order valence-corrected chi connectivity index (χ0v) is 11.0. The van der Waals surface area contributed by atoms with Gasteiger partial charge in [0.2, 0.25) is 0 Å². The second-order valence-electron chi connectivity index (χ2n) is 5.09. The first-order chi connectivity index (χ1) is 8.97. The molecule has 1 saturated heterocycles. The predicted molar refractivity (Wildman–Crippen MR) is 68.8 cm³/mol. The first-order valence-corrected chi connectivity index (χ1v) is 6.54. The van der Waals surface area contributed by atoms with E-state index >= 15 is 0 Å². The third-order valence-corrected chi connectivity index (χ3v) is 3.62. The lowest BCUT2D eigenvalue weighted by molar-refractivity contribution is -0.137. The summed E-state index contributed by atoms with van der Waals surface area (Å²) in [6.07, 6.45) is -2.16. The second-order valence-corrected chi connectivity index (χ2v) is 5.09. The lowest BCUT2D eigenvalue weighted by Crippen LogP contribution is -2.40. The molecule has 1 aliphatic heterocycles. The molecule has 0 aliphatic carbocycles. The summed E-state index contributed by atoms with van der Waals surface area (Å²) in [4.78, 5) is 2.15. The molecule has 0 aromatic heterocycles. The summed E-state index contributed by atoms with van der Waals surface area (Å²) in [5.74, 6) is 0. The number of rotatable bonds is 3. The van der Waals surface area contributed by atoms with Crippen molar-refractivity contribution in [2.45, 2.75) is 31.6 Å². The Balaban J connectivity index is 2.02. The van der Waals surface area contributed by atoms with E-state index in [4.69, 9.17) is 0 Å². The van der Waals surface area contributed by atoms with Crippen molar-refractivity contribution in [3.63, 3.8) is 0 Å². The molecule has 0 unspecified atom stereocenters. The minimum absolute atomic E-state index is 0.454. The maximum absolute atomic E-state index is 12.6. The molecule has 19 heavy (non-hydrogen) atoms. The molecule has 1 aliphatic rings. The summed E-state index contributed by atoms with van der Waals surface area (Å²) in [7, 11) is 1.98. The summed E-state index contributed by atoms with van der Waals surface area (Å²) in [6, 6.07) is 6.06. The van der Waals surface area contributed by atoms with Gasteiger partial charge in [-0.25, -0.2) is 0 Å². The highest BCUT2D eigenvalue weighted by molar-refractivity contribution is 5.25. The molecular formula is C14H19F3N2. The molecule has 0 atom stereocenters. The van der Waals surface area contributed by atoms with Crippen molar-refractivity contribution in [1.29, 1.82) is 0 Å². The van der Waals surface area contributed by atoms with E-state index in [1.807, 2.05) is 7.05 Å². The number of hydrogen-bond acceptors (Lipinski definition) is 2. The van der Waals surface area contributed by atoms with E-state index in [0.29, 0.717) is 12.6 Å². The Kier molecular flexibility index (Phi) is 4.47. The summed E-state index contributed by atoms with van der Waals surface area (Å²) < 4.78 is 37.9. The van der Waals surface area contributed by atoms with Gasteiger partial charge in [0.15, 0.2) is 0 Å². The molecule has 1 aromatic rings. The Hall–Kier alpha value is -1.07. The molecule has 106 valence electrons. The van der Waals surface area contributed by atoms with E-state index in [9.17, 15) is 13.2 Å². The summed E-state index contributed by atoms with van der Waals surface area (Å²) in [6.45, 7) is 2.53. The Bertz CT molecular complexity index is 411. The van der Waals surface area contributed by atoms with Crippen molar-refractivity contribution in [2.24, 2.45) is 0 Å². The van der Waals surface area contributed by atoms with E-state index in [1.165, 1.54) is 12.1 Å². The highest BCUT2D eigenvalue weighted by Gasteiger charge is 2.30. The molecule has 0 saturated carbocycles. The van der Waals surface area contributed by atoms with Gasteiger partial charge in [0.25, 0.3) is 0 Å². The highest BCUT2D eigenvalue weighted by Crippen LogP contribution is 2.29. The maximum Gasteiger partial charge on any atom is 0.416 e. The normalized spacial score (nSPS) is 17.9. The van der Waals surface area contributed by atoms with Crippen LogP contribution in [0.15, 0.2) is 24.3 Å². The number of halogens is 3. The Morgan fingerprint density at radius 2 is 1.95 bits per heavy atom. The van der Waals surface area contributed by atoms with Crippen LogP contribution in [-0.2, 0) is 12.7 Å². The summed E-state index contributed by atoms with van der Waals surface area (Å²) in [5, 5.41) is 3.29. The van der Waals surface area contributed by atoms with Crippen LogP contribution in [0, 0.1) is 0 Å². The van der Waals surface area contributed by atoms with Gasteiger partial charge in [0.05, 0.1) is 5.56 Å². The molecule has 1 heterocycles. The molecule has 1 aromatic carbocycles. The predicted octanol–water partition coefficient (Wildman–Crippen LogP) is 2.89. The molecule has 2 rings (SSSR count). The average Bonchev–Trinajstić information content (AvgIpc) is 2.39. The molecule has 0 spiro atoms. The van der Waals surface area contributed by atoms with E-state index < -0.39 is 11.7 Å². The van der Waals surface area contributed by atoms with Gasteiger partial charge >= 0.3 is 6.18 Å². The van der Waals surface area contributed by atoms with Gasteiger partial charge in [0, 0.05) is 12.6 Å². The van der Waals surface area contributed by atoms with Crippen molar-refractivity contribution >= 4 is 0 Å². The van der Waals surface area contributed by atoms with Crippen molar-refractivity contribution in [1.82, 2.24) is 10.2 Å². The van der Waals surface area contributed by atoms with Crippen LogP contribution in [0.3, 0.4) is 0 Å². The van der Waals surface area contributed by atoms with Crippen LogP contribution in [0.25, 0.3) is 0 Å². The number of piperidine rings is 1. The fourth-order valence-electron chi connectivity index (χ4n) is 2.51. The minimum atomic E-state index is -4.26. The first-order valence-electron chi connectivity index (χ1n) is 6.54. The van der Waals surface area contributed by atoms with E-state index in [0.717, 1.165) is 37.6 Å². The van der Waals surface area contributed by atoms with Gasteiger partial charge < -0.3 is 5.32 Å². The SMILES string of the molecule is CN(Cc1cccc(C(F)(F)F)c1)C1CCNCC1. The molecule has 0 amide bonds. The lowest BCUT2D eigenvalue weighted by atomic mass is 10.0. The average molecular weight is 272 g/mol. The zero-order valence-electron chi connectivity index (χ0n) is 11.0. The molecule has 0 radical (unpaired) electrons. The standard InChI is InChI=1S/C14H19F3N2/c1-19(13-5-7-18-8-6-13)10-11-3-2-4-12(9-11)14(15,16)17/h2-4,9,13,18H,5-8,10H2,1H3. The van der Waals surface area contributed by atoms with Crippen molar-refractivity contribution in [3.05, 3.63) is 35.4 Å². The van der Waals surface area contributed by atoms with Gasteiger partial charge in [-0.2, -0.15) is 13.2 Å². The minimum Gasteiger partial charge on any atom is -0.317 e. The number of benzene rings is 1. The van der Waals surface area contributed by atoms with Gasteiger partial charge in [0.1, 0.15) is 0 Å². The zero-order chi connectivity index (χ0) is 13.9. The van der Waals surface area contributed by atoms with Gasteiger partial charge in [-0.1, -0.05) is 18.2 Å². The topological polar surface area (TPSA) is 15.3 Å². The van der Waals surface area contributed by atoms with Crippen molar-refractivity contribution < 1.29 is 13.2 Å². The third kappa shape index (κ3) is 3.94. The second kappa shape index (κ2) is 5.92. The van der Waals surface area contributed by atoms with Crippen LogP contribution in [0.4, 0.5) is 13.2 Å². The Morgan fingerprint density at radius 3 is 2.58 bits per heavy atom. The van der Waals surface area contributed by atoms with Crippen molar-refractivity contribution in [3.8, 4) is 0 Å². The van der Waals surface area contributed by atoms with Crippen LogP contribution in [-0.4, -0.2) is 31.1 Å². The molecule has 1 fully saturated rings. The fourth-order valence-corrected chi connectivity index (χ4v) is 2.51. The smallest absolute Gasteiger partial charge is 0.317 e. The molecule has 5 heteroatoms. The van der Waals surface area contributed by atoms with Gasteiger partial charge in [-0.15, -0.1) is 0 Å². The fraction of sp³-hybridized carbons (Fsp3) is 0.571. The van der Waals surface area contributed by atoms with Crippen molar-refractivity contribution in [2.75, 3.05) is 20.1 Å². The van der Waals surface area contributed by atoms with Crippen LogP contribution in [0.1, 0.15) is 24.0 Å². The van der Waals surface area contributed by atoms with Crippen LogP contribution in [0.5, 0.6) is 0 Å². The molecular weight excluding hydrogens is 253 g/mol. The molecule has 2 nitrogen and oxygen atoms in total. The summed E-state index contributed by atoms with van der Waals surface area (Å²) >= 11 is 0. The van der Waals surface area contributed by atoms with Crippen LogP contribution >= 0.6 is 0 Å². The van der Waals surface area contributed by atoms with Gasteiger partial charge in [-0.05, 0) is 44.6 Å².